The van der Waals surface area contributed by atoms with Crippen molar-refractivity contribution in [3.05, 3.63) is 11.0 Å². The zero-order chi connectivity index (χ0) is 7.84. The summed E-state index contributed by atoms with van der Waals surface area (Å²) in [5.41, 5.74) is 0. The maximum atomic E-state index is 5.17. The molecule has 1 fully saturated rings. The number of fused-ring (bicyclic) bond motifs is 1. The lowest BCUT2D eigenvalue weighted by atomic mass is 10.0. The van der Waals surface area contributed by atoms with Crippen molar-refractivity contribution in [1.29, 1.82) is 0 Å². The van der Waals surface area contributed by atoms with Crippen molar-refractivity contribution >= 4 is 46.2 Å². The molecule has 2 aliphatic rings. The monoisotopic (exact) mass is 201 g/mol. The van der Waals surface area contributed by atoms with Crippen LogP contribution < -0.4 is 5.32 Å². The van der Waals surface area contributed by atoms with E-state index in [0.717, 1.165) is 9.98 Å². The quantitative estimate of drug-likeness (QED) is 0.600. The van der Waals surface area contributed by atoms with E-state index in [1.54, 1.807) is 0 Å². The first-order chi connectivity index (χ1) is 5.27. The predicted molar refractivity (Wildman–Crippen MR) is 57.0 cm³/mol. The summed E-state index contributed by atoms with van der Waals surface area (Å²) in [6, 6.07) is 0. The summed E-state index contributed by atoms with van der Waals surface area (Å²) in [4.78, 5) is 3.05. The molecule has 0 aliphatic carbocycles. The molecule has 0 saturated carbocycles. The van der Waals surface area contributed by atoms with Crippen molar-refractivity contribution in [2.24, 2.45) is 5.92 Å². The number of hydrogen-bond donors (Lipinski definition) is 1. The molecule has 1 atom stereocenters. The van der Waals surface area contributed by atoms with E-state index in [1.165, 1.54) is 17.1 Å². The Hall–Kier alpha value is 0.0700. The third kappa shape index (κ3) is 1.35. The van der Waals surface area contributed by atoms with Crippen molar-refractivity contribution in [2.45, 2.75) is 6.42 Å². The highest BCUT2D eigenvalue weighted by atomic mass is 32.2. The van der Waals surface area contributed by atoms with Crippen LogP contribution >= 0.6 is 36.2 Å². The van der Waals surface area contributed by atoms with Crippen molar-refractivity contribution in [1.82, 2.24) is 5.32 Å². The molecule has 0 aromatic heterocycles. The van der Waals surface area contributed by atoms with Gasteiger partial charge in [0.2, 0.25) is 0 Å². The van der Waals surface area contributed by atoms with Crippen molar-refractivity contribution in [3.63, 3.8) is 0 Å². The second-order valence-corrected chi connectivity index (χ2v) is 4.64. The number of hydrogen-bond acceptors (Lipinski definition) is 3. The average Bonchev–Trinajstić information content (AvgIpc) is 2.34. The first-order valence-corrected chi connectivity index (χ1v) is 5.27. The van der Waals surface area contributed by atoms with E-state index in [2.05, 4.69) is 5.32 Å². The number of thiocarbonyl (C=S) groups is 2. The molecule has 0 spiro atoms. The first kappa shape index (κ1) is 7.71. The van der Waals surface area contributed by atoms with E-state index < -0.39 is 0 Å². The molecule has 2 heterocycles. The van der Waals surface area contributed by atoms with Crippen LogP contribution in [0.3, 0.4) is 0 Å². The number of nitrogens with one attached hydrogen (secondary N) is 1. The highest BCUT2D eigenvalue weighted by Crippen LogP contribution is 2.38. The van der Waals surface area contributed by atoms with E-state index >= 15 is 0 Å². The molecule has 0 bridgehead atoms. The Bertz CT molecular complexity index is 256. The van der Waals surface area contributed by atoms with Crippen LogP contribution in [0, 0.1) is 5.92 Å². The first-order valence-electron chi connectivity index (χ1n) is 3.46. The van der Waals surface area contributed by atoms with Gasteiger partial charge in [-0.3, -0.25) is 0 Å². The summed E-state index contributed by atoms with van der Waals surface area (Å²) >= 11 is 12.1. The topological polar surface area (TPSA) is 12.0 Å². The molecular weight excluding hydrogens is 194 g/mol. The Morgan fingerprint density at radius 2 is 2.36 bits per heavy atom. The Morgan fingerprint density at radius 1 is 1.55 bits per heavy atom. The maximum absolute atomic E-state index is 5.17. The molecule has 0 radical (unpaired) electrons. The normalized spacial score (nSPS) is 29.5. The van der Waals surface area contributed by atoms with Gasteiger partial charge in [-0.25, -0.2) is 0 Å². The predicted octanol–water partition coefficient (Wildman–Crippen LogP) is 1.88. The van der Waals surface area contributed by atoms with Gasteiger partial charge in [0, 0.05) is 5.92 Å². The van der Waals surface area contributed by atoms with Crippen LogP contribution in [0.4, 0.5) is 0 Å². The molecule has 58 valence electrons. The molecule has 1 saturated heterocycles. The summed E-state index contributed by atoms with van der Waals surface area (Å²) < 4.78 is 0. The van der Waals surface area contributed by atoms with E-state index in [1.807, 2.05) is 17.8 Å². The molecule has 4 heteroatoms. The second-order valence-electron chi connectivity index (χ2n) is 2.59. The highest BCUT2D eigenvalue weighted by Gasteiger charge is 2.29. The van der Waals surface area contributed by atoms with Crippen LogP contribution in [0.2, 0.25) is 0 Å². The largest absolute Gasteiger partial charge is 0.341 e. The molecular formula is C7H7NS3. The lowest BCUT2D eigenvalue weighted by molar-refractivity contribution is 0.830. The van der Waals surface area contributed by atoms with Crippen LogP contribution in [0.5, 0.6) is 0 Å². The zero-order valence-electron chi connectivity index (χ0n) is 5.79. The molecule has 0 aromatic carbocycles. The molecule has 11 heavy (non-hydrogen) atoms. The van der Waals surface area contributed by atoms with Crippen molar-refractivity contribution in [2.75, 3.05) is 5.75 Å². The second kappa shape index (κ2) is 2.84. The van der Waals surface area contributed by atoms with Gasteiger partial charge in [-0.2, -0.15) is 0 Å². The molecule has 1 nitrogen and oxygen atoms in total. The summed E-state index contributed by atoms with van der Waals surface area (Å²) in [7, 11) is 0. The van der Waals surface area contributed by atoms with Crippen molar-refractivity contribution in [3.8, 4) is 0 Å². The Balaban J connectivity index is 2.34. The fraction of sp³-hybridized carbons (Fsp3) is 0.429. The van der Waals surface area contributed by atoms with E-state index in [4.69, 9.17) is 24.4 Å². The summed E-state index contributed by atoms with van der Waals surface area (Å²) in [5.74, 6) is 1.66. The standard InChI is InChI=1S/C7H7NS3/c9-6-3-5-4(1-2-11-5)7(10)8-6/h3-4H,1-2H2,(H,8,9,10). The van der Waals surface area contributed by atoms with Crippen LogP contribution in [0.15, 0.2) is 11.0 Å². The van der Waals surface area contributed by atoms with Crippen molar-refractivity contribution < 1.29 is 0 Å². The molecule has 0 amide bonds. The highest BCUT2D eigenvalue weighted by molar-refractivity contribution is 8.03. The fourth-order valence-electron chi connectivity index (χ4n) is 1.31. The van der Waals surface area contributed by atoms with Gasteiger partial charge in [-0.05, 0) is 23.2 Å². The SMILES string of the molecule is S=C1C=C2SCCC2C(=S)N1. The smallest absolute Gasteiger partial charge is 0.104 e. The van der Waals surface area contributed by atoms with Gasteiger partial charge in [0.25, 0.3) is 0 Å². The van der Waals surface area contributed by atoms with E-state index in [9.17, 15) is 0 Å². The summed E-state index contributed by atoms with van der Waals surface area (Å²) in [6.07, 6.45) is 3.21. The van der Waals surface area contributed by atoms with Crippen LogP contribution in [-0.4, -0.2) is 15.7 Å². The van der Waals surface area contributed by atoms with Crippen LogP contribution in [-0.2, 0) is 0 Å². The van der Waals surface area contributed by atoms with Crippen LogP contribution in [0.25, 0.3) is 0 Å². The summed E-state index contributed by atoms with van der Waals surface area (Å²) in [6.45, 7) is 0. The number of thioether (sulfide) groups is 1. The lowest BCUT2D eigenvalue weighted by Crippen LogP contribution is -2.35. The number of rotatable bonds is 0. The Morgan fingerprint density at radius 3 is 3.18 bits per heavy atom. The minimum Gasteiger partial charge on any atom is -0.341 e. The zero-order valence-corrected chi connectivity index (χ0v) is 8.24. The molecule has 0 aromatic rings. The lowest BCUT2D eigenvalue weighted by Gasteiger charge is -2.19. The minimum atomic E-state index is 0.474. The van der Waals surface area contributed by atoms with Crippen LogP contribution in [0.1, 0.15) is 6.42 Å². The molecule has 2 aliphatic heterocycles. The van der Waals surface area contributed by atoms with E-state index in [-0.39, 0.29) is 0 Å². The minimum absolute atomic E-state index is 0.474. The third-order valence-electron chi connectivity index (χ3n) is 1.85. The third-order valence-corrected chi connectivity index (χ3v) is 3.64. The van der Waals surface area contributed by atoms with Gasteiger partial charge >= 0.3 is 0 Å². The van der Waals surface area contributed by atoms with Gasteiger partial charge in [-0.15, -0.1) is 11.8 Å². The van der Waals surface area contributed by atoms with E-state index in [0.29, 0.717) is 5.92 Å². The summed E-state index contributed by atoms with van der Waals surface area (Å²) in [5, 5.41) is 3.02. The Labute approximate surface area is 80.6 Å². The Kier molecular flexibility index (Phi) is 1.99. The fourth-order valence-corrected chi connectivity index (χ4v) is 3.35. The van der Waals surface area contributed by atoms with Gasteiger partial charge in [0.1, 0.15) is 4.99 Å². The maximum Gasteiger partial charge on any atom is 0.104 e. The van der Waals surface area contributed by atoms with Gasteiger partial charge in [0.15, 0.2) is 0 Å². The van der Waals surface area contributed by atoms with Gasteiger partial charge < -0.3 is 5.32 Å². The molecule has 1 N–H and O–H groups in total. The average molecular weight is 201 g/mol. The molecule has 2 rings (SSSR count). The van der Waals surface area contributed by atoms with Gasteiger partial charge in [0.05, 0.1) is 4.99 Å². The van der Waals surface area contributed by atoms with Gasteiger partial charge in [-0.1, -0.05) is 24.4 Å². The molecule has 1 unspecified atom stereocenters.